The molecule has 5 heteroatoms. The van der Waals surface area contributed by atoms with Gasteiger partial charge in [-0.25, -0.2) is 4.98 Å². The fourth-order valence-corrected chi connectivity index (χ4v) is 2.20. The second-order valence-corrected chi connectivity index (χ2v) is 4.49. The van der Waals surface area contributed by atoms with E-state index >= 15 is 0 Å². The molecule has 0 unspecified atom stereocenters. The Bertz CT molecular complexity index is 325. The number of hydrogen-bond donors (Lipinski definition) is 1. The van der Waals surface area contributed by atoms with Crippen LogP contribution >= 0.6 is 11.3 Å². The number of nitrogens with zero attached hydrogens (tertiary/aromatic N) is 2. The Hall–Kier alpha value is -0.940. The quantitative estimate of drug-likeness (QED) is 0.803. The summed E-state index contributed by atoms with van der Waals surface area (Å²) in [6, 6.07) is 0. The molecule has 1 aromatic rings. The molecule has 0 aliphatic heterocycles. The van der Waals surface area contributed by atoms with Crippen LogP contribution in [-0.4, -0.2) is 34.6 Å². The van der Waals surface area contributed by atoms with Gasteiger partial charge in [0.15, 0.2) is 0 Å². The topological polar surface area (TPSA) is 53.4 Å². The fraction of sp³-hybridized carbons (Fsp3) is 0.600. The third kappa shape index (κ3) is 4.40. The molecule has 1 aromatic heterocycles. The maximum Gasteiger partial charge on any atom is 0.317 e. The summed E-state index contributed by atoms with van der Waals surface area (Å²) in [5, 5.41) is 11.7. The van der Waals surface area contributed by atoms with Gasteiger partial charge in [-0.1, -0.05) is 6.92 Å². The van der Waals surface area contributed by atoms with Crippen LogP contribution in [0.3, 0.4) is 0 Å². The van der Waals surface area contributed by atoms with E-state index in [1.165, 1.54) is 0 Å². The van der Waals surface area contributed by atoms with E-state index in [1.54, 1.807) is 23.3 Å². The summed E-state index contributed by atoms with van der Waals surface area (Å²) in [6.45, 7) is 2.78. The van der Waals surface area contributed by atoms with Crippen LogP contribution in [0.15, 0.2) is 5.38 Å². The van der Waals surface area contributed by atoms with Crippen molar-refractivity contribution in [2.45, 2.75) is 26.3 Å². The Kier molecular flexibility index (Phi) is 4.71. The fourth-order valence-electron chi connectivity index (χ4n) is 1.31. The minimum atomic E-state index is -0.804. The normalized spacial score (nSPS) is 10.9. The molecule has 0 spiro atoms. The molecule has 0 saturated carbocycles. The lowest BCUT2D eigenvalue weighted by atomic mass is 10.3. The van der Waals surface area contributed by atoms with Crippen LogP contribution in [0.1, 0.15) is 24.0 Å². The minimum absolute atomic E-state index is 0.0562. The first-order chi connectivity index (χ1) is 7.11. The third-order valence-corrected chi connectivity index (χ3v) is 2.86. The summed E-state index contributed by atoms with van der Waals surface area (Å²) in [6.07, 6.45) is 2.10. The highest BCUT2D eigenvalue weighted by molar-refractivity contribution is 7.09. The van der Waals surface area contributed by atoms with Crippen molar-refractivity contribution in [3.63, 3.8) is 0 Å². The third-order valence-electron chi connectivity index (χ3n) is 1.90. The molecular formula is C10H16N2O2S. The van der Waals surface area contributed by atoms with Crippen LogP contribution in [-0.2, 0) is 17.8 Å². The molecule has 4 nitrogen and oxygen atoms in total. The lowest BCUT2D eigenvalue weighted by molar-refractivity contribution is -0.138. The van der Waals surface area contributed by atoms with Gasteiger partial charge in [-0.05, 0) is 19.9 Å². The lowest BCUT2D eigenvalue weighted by Crippen LogP contribution is -2.25. The molecule has 15 heavy (non-hydrogen) atoms. The standard InChI is InChI=1S/C10H16N2O2S/c1-3-4-9-11-8(7-15-9)5-12(2)6-10(13)14/h7H,3-6H2,1-2H3,(H,13,14). The van der Waals surface area contributed by atoms with Gasteiger partial charge >= 0.3 is 5.97 Å². The van der Waals surface area contributed by atoms with Crippen LogP contribution in [0, 0.1) is 0 Å². The van der Waals surface area contributed by atoms with E-state index in [9.17, 15) is 4.79 Å². The van der Waals surface area contributed by atoms with Crippen LogP contribution in [0.5, 0.6) is 0 Å². The first-order valence-corrected chi connectivity index (χ1v) is 5.83. The number of likely N-dealkylation sites (N-methyl/N-ethyl adjacent to an activating group) is 1. The smallest absolute Gasteiger partial charge is 0.317 e. The van der Waals surface area contributed by atoms with E-state index in [-0.39, 0.29) is 6.54 Å². The number of carboxylic acid groups (broad SMARTS) is 1. The molecule has 1 heterocycles. The van der Waals surface area contributed by atoms with Gasteiger partial charge in [0, 0.05) is 11.9 Å². The van der Waals surface area contributed by atoms with Gasteiger partial charge in [-0.15, -0.1) is 11.3 Å². The lowest BCUT2D eigenvalue weighted by Gasteiger charge is -2.11. The summed E-state index contributed by atoms with van der Waals surface area (Å²) in [5.74, 6) is -0.804. The molecule has 0 bridgehead atoms. The van der Waals surface area contributed by atoms with Crippen molar-refractivity contribution in [1.29, 1.82) is 0 Å². The zero-order valence-corrected chi connectivity index (χ0v) is 9.88. The zero-order chi connectivity index (χ0) is 11.3. The Labute approximate surface area is 93.6 Å². The van der Waals surface area contributed by atoms with E-state index in [4.69, 9.17) is 5.11 Å². The molecule has 0 aliphatic carbocycles. The van der Waals surface area contributed by atoms with Gasteiger partial charge in [0.2, 0.25) is 0 Å². The Balaban J connectivity index is 2.45. The number of thiazole rings is 1. The van der Waals surface area contributed by atoms with Gasteiger partial charge in [-0.3, -0.25) is 9.69 Å². The van der Waals surface area contributed by atoms with E-state index < -0.39 is 5.97 Å². The van der Waals surface area contributed by atoms with Crippen molar-refractivity contribution in [2.75, 3.05) is 13.6 Å². The van der Waals surface area contributed by atoms with E-state index in [0.717, 1.165) is 23.5 Å². The molecule has 84 valence electrons. The second-order valence-electron chi connectivity index (χ2n) is 3.55. The number of aromatic nitrogens is 1. The molecule has 0 atom stereocenters. The molecule has 0 fully saturated rings. The molecular weight excluding hydrogens is 212 g/mol. The van der Waals surface area contributed by atoms with E-state index in [0.29, 0.717) is 6.54 Å². The van der Waals surface area contributed by atoms with Crippen molar-refractivity contribution in [3.05, 3.63) is 16.1 Å². The van der Waals surface area contributed by atoms with Crippen molar-refractivity contribution in [2.24, 2.45) is 0 Å². The summed E-state index contributed by atoms with van der Waals surface area (Å²) < 4.78 is 0. The Morgan fingerprint density at radius 2 is 2.40 bits per heavy atom. The van der Waals surface area contributed by atoms with Gasteiger partial charge in [-0.2, -0.15) is 0 Å². The summed E-state index contributed by atoms with van der Waals surface area (Å²) in [4.78, 5) is 16.6. The molecule has 0 saturated heterocycles. The van der Waals surface area contributed by atoms with E-state index in [1.807, 2.05) is 5.38 Å². The largest absolute Gasteiger partial charge is 0.480 e. The first kappa shape index (κ1) is 12.1. The highest BCUT2D eigenvalue weighted by Gasteiger charge is 2.07. The Morgan fingerprint density at radius 3 is 3.00 bits per heavy atom. The van der Waals surface area contributed by atoms with Crippen molar-refractivity contribution < 1.29 is 9.90 Å². The predicted octanol–water partition coefficient (Wildman–Crippen LogP) is 1.61. The minimum Gasteiger partial charge on any atom is -0.480 e. The van der Waals surface area contributed by atoms with Crippen molar-refractivity contribution >= 4 is 17.3 Å². The molecule has 0 aliphatic rings. The molecule has 0 radical (unpaired) electrons. The van der Waals surface area contributed by atoms with Crippen LogP contribution < -0.4 is 0 Å². The predicted molar refractivity (Wildman–Crippen MR) is 60.1 cm³/mol. The number of rotatable bonds is 6. The number of aryl methyl sites for hydroxylation is 1. The zero-order valence-electron chi connectivity index (χ0n) is 9.06. The van der Waals surface area contributed by atoms with Gasteiger partial charge in [0.05, 0.1) is 17.2 Å². The maximum absolute atomic E-state index is 10.4. The SMILES string of the molecule is CCCc1nc(CN(C)CC(=O)O)cs1. The number of aliphatic carboxylic acids is 1. The summed E-state index contributed by atoms with van der Waals surface area (Å²) in [5.41, 5.74) is 0.965. The van der Waals surface area contributed by atoms with Crippen molar-refractivity contribution in [1.82, 2.24) is 9.88 Å². The number of carboxylic acids is 1. The van der Waals surface area contributed by atoms with Crippen LogP contribution in [0.25, 0.3) is 0 Å². The average molecular weight is 228 g/mol. The molecule has 1 N–H and O–H groups in total. The number of hydrogen-bond acceptors (Lipinski definition) is 4. The monoisotopic (exact) mass is 228 g/mol. The molecule has 0 aromatic carbocycles. The van der Waals surface area contributed by atoms with Gasteiger partial charge < -0.3 is 5.11 Å². The Morgan fingerprint density at radius 1 is 1.67 bits per heavy atom. The van der Waals surface area contributed by atoms with E-state index in [2.05, 4.69) is 11.9 Å². The maximum atomic E-state index is 10.4. The highest BCUT2D eigenvalue weighted by atomic mass is 32.1. The van der Waals surface area contributed by atoms with Crippen LogP contribution in [0.4, 0.5) is 0 Å². The average Bonchev–Trinajstić information content (AvgIpc) is 2.51. The molecule has 0 amide bonds. The summed E-state index contributed by atoms with van der Waals surface area (Å²) in [7, 11) is 1.78. The first-order valence-electron chi connectivity index (χ1n) is 4.95. The van der Waals surface area contributed by atoms with Gasteiger partial charge in [0.1, 0.15) is 0 Å². The highest BCUT2D eigenvalue weighted by Crippen LogP contribution is 2.12. The van der Waals surface area contributed by atoms with Crippen LogP contribution in [0.2, 0.25) is 0 Å². The van der Waals surface area contributed by atoms with Crippen molar-refractivity contribution in [3.8, 4) is 0 Å². The summed E-state index contributed by atoms with van der Waals surface area (Å²) >= 11 is 1.65. The molecule has 1 rings (SSSR count). The second kappa shape index (κ2) is 5.82. The number of carbonyl (C=O) groups is 1. The van der Waals surface area contributed by atoms with Gasteiger partial charge in [0.25, 0.3) is 0 Å².